The van der Waals surface area contributed by atoms with Crippen molar-refractivity contribution in [2.75, 3.05) is 13.7 Å². The summed E-state index contributed by atoms with van der Waals surface area (Å²) in [7, 11) is 1.63. The quantitative estimate of drug-likeness (QED) is 0.824. The van der Waals surface area contributed by atoms with E-state index in [0.717, 1.165) is 22.1 Å². The highest BCUT2D eigenvalue weighted by Crippen LogP contribution is 2.27. The molecule has 16 heavy (non-hydrogen) atoms. The molecular formula is C13H15NO2. The largest absolute Gasteiger partial charge is 0.497 e. The second kappa shape index (κ2) is 4.51. The number of fused-ring (bicyclic) bond motifs is 1. The fourth-order valence-electron chi connectivity index (χ4n) is 1.82. The Hall–Kier alpha value is -1.58. The second-order valence-electron chi connectivity index (χ2n) is 3.69. The normalized spacial score (nSPS) is 12.7. The van der Waals surface area contributed by atoms with E-state index in [1.807, 2.05) is 36.4 Å². The molecule has 1 atom stereocenters. The third-order valence-electron chi connectivity index (χ3n) is 2.71. The Morgan fingerprint density at radius 2 is 2.12 bits per heavy atom. The van der Waals surface area contributed by atoms with Crippen LogP contribution < -0.4 is 10.5 Å². The van der Waals surface area contributed by atoms with Crippen LogP contribution in [0.5, 0.6) is 5.75 Å². The lowest BCUT2D eigenvalue weighted by molar-refractivity contribution is 0.188. The molecule has 0 saturated heterocycles. The molecule has 0 heterocycles. The summed E-state index contributed by atoms with van der Waals surface area (Å²) in [5.41, 5.74) is 6.33. The summed E-state index contributed by atoms with van der Waals surface area (Å²) in [4.78, 5) is 0. The standard InChI is InChI=1S/C13H15NO2/c1-16-10-6-5-9-3-2-4-11(12(9)7-10)13(15)8-14/h2-7,13,15H,8,14H2,1H3. The van der Waals surface area contributed by atoms with Gasteiger partial charge in [0.05, 0.1) is 13.2 Å². The highest BCUT2D eigenvalue weighted by atomic mass is 16.5. The van der Waals surface area contributed by atoms with Crippen molar-refractivity contribution in [3.05, 3.63) is 42.0 Å². The minimum atomic E-state index is -0.629. The van der Waals surface area contributed by atoms with Crippen LogP contribution in [0.15, 0.2) is 36.4 Å². The first-order valence-electron chi connectivity index (χ1n) is 5.21. The smallest absolute Gasteiger partial charge is 0.119 e. The van der Waals surface area contributed by atoms with E-state index in [9.17, 15) is 5.11 Å². The van der Waals surface area contributed by atoms with Crippen molar-refractivity contribution in [3.63, 3.8) is 0 Å². The van der Waals surface area contributed by atoms with Crippen molar-refractivity contribution >= 4 is 10.8 Å². The molecule has 0 fully saturated rings. The van der Waals surface area contributed by atoms with Crippen LogP contribution in [-0.2, 0) is 0 Å². The Balaban J connectivity index is 2.64. The summed E-state index contributed by atoms with van der Waals surface area (Å²) in [6, 6.07) is 11.6. The molecule has 2 aromatic carbocycles. The molecule has 0 amide bonds. The van der Waals surface area contributed by atoms with Gasteiger partial charge in [-0.25, -0.2) is 0 Å². The molecule has 0 radical (unpaired) electrons. The third kappa shape index (κ3) is 1.87. The number of ether oxygens (including phenoxy) is 1. The number of benzene rings is 2. The summed E-state index contributed by atoms with van der Waals surface area (Å²) in [5, 5.41) is 11.9. The maximum absolute atomic E-state index is 9.83. The fourth-order valence-corrected chi connectivity index (χ4v) is 1.82. The van der Waals surface area contributed by atoms with Crippen molar-refractivity contribution in [2.45, 2.75) is 6.10 Å². The summed E-state index contributed by atoms with van der Waals surface area (Å²) >= 11 is 0. The van der Waals surface area contributed by atoms with Gasteiger partial charge in [0, 0.05) is 6.54 Å². The van der Waals surface area contributed by atoms with Crippen LogP contribution in [0.2, 0.25) is 0 Å². The van der Waals surface area contributed by atoms with Crippen molar-refractivity contribution < 1.29 is 9.84 Å². The van der Waals surface area contributed by atoms with E-state index in [4.69, 9.17) is 10.5 Å². The number of rotatable bonds is 3. The summed E-state index contributed by atoms with van der Waals surface area (Å²) in [5.74, 6) is 0.782. The molecule has 84 valence electrons. The number of hydrogen-bond donors (Lipinski definition) is 2. The molecule has 0 aliphatic rings. The van der Waals surface area contributed by atoms with Gasteiger partial charge in [0.25, 0.3) is 0 Å². The van der Waals surface area contributed by atoms with E-state index < -0.39 is 6.10 Å². The molecule has 3 N–H and O–H groups in total. The molecule has 1 unspecified atom stereocenters. The van der Waals surface area contributed by atoms with E-state index in [-0.39, 0.29) is 6.54 Å². The van der Waals surface area contributed by atoms with Gasteiger partial charge in [-0.15, -0.1) is 0 Å². The van der Waals surface area contributed by atoms with Crippen LogP contribution in [0, 0.1) is 0 Å². The Morgan fingerprint density at radius 1 is 1.31 bits per heavy atom. The minimum absolute atomic E-state index is 0.219. The SMILES string of the molecule is COc1ccc2cccc(C(O)CN)c2c1. The monoisotopic (exact) mass is 217 g/mol. The minimum Gasteiger partial charge on any atom is -0.497 e. The lowest BCUT2D eigenvalue weighted by Crippen LogP contribution is -2.11. The second-order valence-corrected chi connectivity index (χ2v) is 3.69. The van der Waals surface area contributed by atoms with Crippen LogP contribution in [0.1, 0.15) is 11.7 Å². The Bertz CT molecular complexity index is 496. The first-order valence-corrected chi connectivity index (χ1v) is 5.21. The van der Waals surface area contributed by atoms with Gasteiger partial charge >= 0.3 is 0 Å². The average Bonchev–Trinajstić information content (AvgIpc) is 2.36. The Kier molecular flexibility index (Phi) is 3.08. The van der Waals surface area contributed by atoms with Gasteiger partial charge in [-0.05, 0) is 28.5 Å². The van der Waals surface area contributed by atoms with Gasteiger partial charge < -0.3 is 15.6 Å². The maximum atomic E-state index is 9.83. The van der Waals surface area contributed by atoms with Crippen molar-refractivity contribution in [2.24, 2.45) is 5.73 Å². The zero-order valence-corrected chi connectivity index (χ0v) is 9.18. The maximum Gasteiger partial charge on any atom is 0.119 e. The topological polar surface area (TPSA) is 55.5 Å². The molecule has 0 bridgehead atoms. The van der Waals surface area contributed by atoms with E-state index >= 15 is 0 Å². The first-order chi connectivity index (χ1) is 7.76. The molecular weight excluding hydrogens is 202 g/mol. The van der Waals surface area contributed by atoms with Gasteiger partial charge in [0.15, 0.2) is 0 Å². The van der Waals surface area contributed by atoms with Crippen LogP contribution in [-0.4, -0.2) is 18.8 Å². The molecule has 0 spiro atoms. The number of methoxy groups -OCH3 is 1. The average molecular weight is 217 g/mol. The highest BCUT2D eigenvalue weighted by Gasteiger charge is 2.09. The third-order valence-corrected chi connectivity index (χ3v) is 2.71. The molecule has 2 aromatic rings. The van der Waals surface area contributed by atoms with Crippen molar-refractivity contribution in [3.8, 4) is 5.75 Å². The number of hydrogen-bond acceptors (Lipinski definition) is 3. The van der Waals surface area contributed by atoms with Gasteiger partial charge in [-0.1, -0.05) is 24.3 Å². The van der Waals surface area contributed by atoms with Crippen molar-refractivity contribution in [1.29, 1.82) is 0 Å². The fraction of sp³-hybridized carbons (Fsp3) is 0.231. The number of aliphatic hydroxyl groups is 1. The molecule has 2 rings (SSSR count). The van der Waals surface area contributed by atoms with E-state index in [1.165, 1.54) is 0 Å². The van der Waals surface area contributed by atoms with Crippen molar-refractivity contribution in [1.82, 2.24) is 0 Å². The number of aliphatic hydroxyl groups excluding tert-OH is 1. The Morgan fingerprint density at radius 3 is 2.81 bits per heavy atom. The zero-order chi connectivity index (χ0) is 11.5. The molecule has 0 aliphatic heterocycles. The molecule has 0 aromatic heterocycles. The van der Waals surface area contributed by atoms with Gasteiger partial charge in [0.1, 0.15) is 5.75 Å². The van der Waals surface area contributed by atoms with Gasteiger partial charge in [-0.3, -0.25) is 0 Å². The van der Waals surface area contributed by atoms with E-state index in [0.29, 0.717) is 0 Å². The Labute approximate surface area is 94.5 Å². The highest BCUT2D eigenvalue weighted by molar-refractivity contribution is 5.87. The molecule has 3 heteroatoms. The lowest BCUT2D eigenvalue weighted by Gasteiger charge is -2.12. The summed E-state index contributed by atoms with van der Waals surface area (Å²) in [6.45, 7) is 0.219. The lowest BCUT2D eigenvalue weighted by atomic mass is 10.0. The predicted octanol–water partition coefficient (Wildman–Crippen LogP) is 1.84. The van der Waals surface area contributed by atoms with E-state index in [1.54, 1.807) is 7.11 Å². The number of nitrogens with two attached hydrogens (primary N) is 1. The van der Waals surface area contributed by atoms with Crippen LogP contribution in [0.3, 0.4) is 0 Å². The first kappa shape index (κ1) is 10.9. The van der Waals surface area contributed by atoms with E-state index in [2.05, 4.69) is 0 Å². The predicted molar refractivity (Wildman–Crippen MR) is 64.5 cm³/mol. The molecule has 0 saturated carbocycles. The van der Waals surface area contributed by atoms with Gasteiger partial charge in [0.2, 0.25) is 0 Å². The summed E-state index contributed by atoms with van der Waals surface area (Å²) < 4.78 is 5.18. The zero-order valence-electron chi connectivity index (χ0n) is 9.18. The molecule has 0 aliphatic carbocycles. The van der Waals surface area contributed by atoms with Crippen LogP contribution >= 0.6 is 0 Å². The van der Waals surface area contributed by atoms with Crippen LogP contribution in [0.4, 0.5) is 0 Å². The van der Waals surface area contributed by atoms with Gasteiger partial charge in [-0.2, -0.15) is 0 Å². The summed E-state index contributed by atoms with van der Waals surface area (Å²) in [6.07, 6.45) is -0.629. The molecule has 3 nitrogen and oxygen atoms in total. The van der Waals surface area contributed by atoms with Crippen LogP contribution in [0.25, 0.3) is 10.8 Å².